The second kappa shape index (κ2) is 19.7. The molecule has 1 heterocycles. The minimum absolute atomic E-state index is 0.0551. The van der Waals surface area contributed by atoms with Crippen molar-refractivity contribution in [3.8, 4) is 0 Å². The molecule has 2 unspecified atom stereocenters. The number of hydrogen-bond acceptors (Lipinski definition) is 4. The molecule has 0 saturated carbocycles. The molecule has 0 radical (unpaired) electrons. The summed E-state index contributed by atoms with van der Waals surface area (Å²) in [7, 11) is 0. The Morgan fingerprint density at radius 3 is 1.94 bits per heavy atom. The average Bonchev–Trinajstić information content (AvgIpc) is 3.31. The number of unbranched alkanes of at least 4 members (excludes halogenated alkanes) is 13. The number of carbonyl (C=O) groups is 3. The lowest BCUT2D eigenvalue weighted by molar-refractivity contribution is -0.139. The van der Waals surface area contributed by atoms with Gasteiger partial charge in [-0.05, 0) is 45.1 Å². The fraction of sp³-hybridized carbons (Fsp3) is 0.889. The fourth-order valence-corrected chi connectivity index (χ4v) is 4.82. The highest BCUT2D eigenvalue weighted by Crippen LogP contribution is 2.20. The van der Waals surface area contributed by atoms with Gasteiger partial charge in [0.1, 0.15) is 12.1 Å². The topological polar surface area (TPSA) is 119 Å². The summed E-state index contributed by atoms with van der Waals surface area (Å²) < 4.78 is 0. The van der Waals surface area contributed by atoms with Crippen molar-refractivity contribution in [2.75, 3.05) is 13.1 Å². The van der Waals surface area contributed by atoms with Crippen molar-refractivity contribution < 1.29 is 14.4 Å². The van der Waals surface area contributed by atoms with Crippen LogP contribution in [0.4, 0.5) is 0 Å². The molecule has 7 nitrogen and oxygen atoms in total. The first-order valence-electron chi connectivity index (χ1n) is 14.1. The van der Waals surface area contributed by atoms with E-state index in [-0.39, 0.29) is 11.8 Å². The minimum atomic E-state index is -0.697. The normalized spacial score (nSPS) is 16.5. The molecule has 5 N–H and O–H groups in total. The van der Waals surface area contributed by atoms with Crippen molar-refractivity contribution >= 4 is 17.7 Å². The Balaban J connectivity index is 2.18. The van der Waals surface area contributed by atoms with E-state index < -0.39 is 18.0 Å². The van der Waals surface area contributed by atoms with Gasteiger partial charge < -0.3 is 21.7 Å². The molecule has 0 aromatic rings. The van der Waals surface area contributed by atoms with Crippen LogP contribution >= 0.6 is 0 Å². The molecule has 1 aliphatic heterocycles. The molecule has 1 fully saturated rings. The summed E-state index contributed by atoms with van der Waals surface area (Å²) in [4.78, 5) is 38.9. The van der Waals surface area contributed by atoms with E-state index in [0.29, 0.717) is 32.4 Å². The molecular formula is C27H52N4O3. The first kappa shape index (κ1) is 30.4. The summed E-state index contributed by atoms with van der Waals surface area (Å²) in [6, 6.07) is -1.18. The maximum Gasteiger partial charge on any atom is 0.243 e. The maximum absolute atomic E-state index is 12.8. The molecular weight excluding hydrogens is 428 g/mol. The molecule has 0 bridgehead atoms. The van der Waals surface area contributed by atoms with E-state index in [2.05, 4.69) is 12.2 Å². The van der Waals surface area contributed by atoms with Gasteiger partial charge in [-0.15, -0.1) is 0 Å². The van der Waals surface area contributed by atoms with Gasteiger partial charge in [0, 0.05) is 13.0 Å². The summed E-state index contributed by atoms with van der Waals surface area (Å²) in [5.74, 6) is -0.736. The second-order valence-electron chi connectivity index (χ2n) is 9.99. The maximum atomic E-state index is 12.8. The Labute approximate surface area is 208 Å². The van der Waals surface area contributed by atoms with Gasteiger partial charge in [0.15, 0.2) is 0 Å². The Hall–Kier alpha value is -1.63. The number of nitrogens with zero attached hydrogens (tertiary/aromatic N) is 1. The van der Waals surface area contributed by atoms with Crippen LogP contribution in [0.1, 0.15) is 129 Å². The van der Waals surface area contributed by atoms with E-state index in [4.69, 9.17) is 11.5 Å². The fourth-order valence-electron chi connectivity index (χ4n) is 4.82. The Bertz CT molecular complexity index is 570. The highest BCUT2D eigenvalue weighted by atomic mass is 16.2. The van der Waals surface area contributed by atoms with Gasteiger partial charge in [0.05, 0.1) is 0 Å². The highest BCUT2D eigenvalue weighted by molar-refractivity contribution is 5.91. The van der Waals surface area contributed by atoms with Crippen LogP contribution in [0.5, 0.6) is 0 Å². The van der Waals surface area contributed by atoms with E-state index in [9.17, 15) is 14.4 Å². The monoisotopic (exact) mass is 480 g/mol. The lowest BCUT2D eigenvalue weighted by atomic mass is 10.0. The molecule has 0 aromatic carbocycles. The third kappa shape index (κ3) is 13.3. The van der Waals surface area contributed by atoms with Crippen LogP contribution in [0.2, 0.25) is 0 Å². The summed E-state index contributed by atoms with van der Waals surface area (Å²) in [5.41, 5.74) is 11.0. The molecule has 1 aliphatic rings. The van der Waals surface area contributed by atoms with E-state index in [1.807, 2.05) is 0 Å². The third-order valence-corrected chi connectivity index (χ3v) is 6.98. The largest absolute Gasteiger partial charge is 0.368 e. The zero-order chi connectivity index (χ0) is 25.0. The summed E-state index contributed by atoms with van der Waals surface area (Å²) >= 11 is 0. The number of likely N-dealkylation sites (tertiary alicyclic amines) is 1. The van der Waals surface area contributed by atoms with Crippen LogP contribution in [0.15, 0.2) is 0 Å². The number of nitrogens with two attached hydrogens (primary N) is 2. The van der Waals surface area contributed by atoms with Crippen LogP contribution in [0.3, 0.4) is 0 Å². The molecule has 198 valence electrons. The number of carbonyl (C=O) groups excluding carboxylic acids is 3. The van der Waals surface area contributed by atoms with Crippen LogP contribution in [-0.4, -0.2) is 47.8 Å². The van der Waals surface area contributed by atoms with Crippen LogP contribution in [-0.2, 0) is 14.4 Å². The first-order valence-corrected chi connectivity index (χ1v) is 14.1. The first-order chi connectivity index (χ1) is 16.5. The predicted molar refractivity (Wildman–Crippen MR) is 139 cm³/mol. The van der Waals surface area contributed by atoms with Crippen molar-refractivity contribution in [2.24, 2.45) is 11.5 Å². The second-order valence-corrected chi connectivity index (χ2v) is 9.99. The van der Waals surface area contributed by atoms with Gasteiger partial charge in [-0.25, -0.2) is 0 Å². The Morgan fingerprint density at radius 1 is 0.853 bits per heavy atom. The van der Waals surface area contributed by atoms with Crippen molar-refractivity contribution in [1.29, 1.82) is 0 Å². The molecule has 0 aromatic heterocycles. The number of primary amides is 1. The smallest absolute Gasteiger partial charge is 0.243 e. The average molecular weight is 481 g/mol. The molecule has 2 atom stereocenters. The van der Waals surface area contributed by atoms with E-state index in [1.165, 1.54) is 70.6 Å². The zero-order valence-electron chi connectivity index (χ0n) is 21.8. The highest BCUT2D eigenvalue weighted by Gasteiger charge is 2.35. The van der Waals surface area contributed by atoms with Gasteiger partial charge >= 0.3 is 0 Å². The number of hydrogen-bond donors (Lipinski definition) is 3. The summed E-state index contributed by atoms with van der Waals surface area (Å²) in [6.07, 6.45) is 20.5. The molecule has 1 saturated heterocycles. The predicted octanol–water partition coefficient (Wildman–Crippen LogP) is 4.56. The Morgan fingerprint density at radius 2 is 1.41 bits per heavy atom. The lowest BCUT2D eigenvalue weighted by Crippen LogP contribution is -2.52. The molecule has 7 heteroatoms. The van der Waals surface area contributed by atoms with Crippen LogP contribution in [0, 0.1) is 0 Å². The number of nitrogens with one attached hydrogen (secondary N) is 1. The SMILES string of the molecule is CCCCCCCCCCCCCCCC(=O)N1CCCC1C(=O)NC(CCCCN)C(N)=O. The van der Waals surface area contributed by atoms with Crippen molar-refractivity contribution in [2.45, 2.75) is 141 Å². The van der Waals surface area contributed by atoms with E-state index >= 15 is 0 Å². The zero-order valence-corrected chi connectivity index (χ0v) is 21.8. The van der Waals surface area contributed by atoms with Crippen molar-refractivity contribution in [3.63, 3.8) is 0 Å². The van der Waals surface area contributed by atoms with Gasteiger partial charge in [0.25, 0.3) is 0 Å². The number of amides is 3. The summed E-state index contributed by atoms with van der Waals surface area (Å²) in [6.45, 7) is 3.42. The molecule has 3 amide bonds. The standard InChI is InChI=1S/C27H52N4O3/c1-2-3-4-5-6-7-8-9-10-11-12-13-14-20-25(32)31-22-17-19-24(31)27(34)30-23(26(29)33)18-15-16-21-28/h23-24H,2-22,28H2,1H3,(H2,29,33)(H,30,34). The van der Waals surface area contributed by atoms with Crippen molar-refractivity contribution in [1.82, 2.24) is 10.2 Å². The van der Waals surface area contributed by atoms with Crippen LogP contribution < -0.4 is 16.8 Å². The van der Waals surface area contributed by atoms with Gasteiger partial charge in [0.2, 0.25) is 17.7 Å². The molecule has 34 heavy (non-hydrogen) atoms. The number of rotatable bonds is 21. The van der Waals surface area contributed by atoms with Gasteiger partial charge in [-0.1, -0.05) is 84.0 Å². The van der Waals surface area contributed by atoms with Crippen LogP contribution in [0.25, 0.3) is 0 Å². The van der Waals surface area contributed by atoms with E-state index in [0.717, 1.165) is 32.1 Å². The van der Waals surface area contributed by atoms with E-state index in [1.54, 1.807) is 4.90 Å². The van der Waals surface area contributed by atoms with Crippen molar-refractivity contribution in [3.05, 3.63) is 0 Å². The lowest BCUT2D eigenvalue weighted by Gasteiger charge is -2.26. The van der Waals surface area contributed by atoms with Gasteiger partial charge in [-0.3, -0.25) is 14.4 Å². The molecule has 0 aliphatic carbocycles. The minimum Gasteiger partial charge on any atom is -0.368 e. The van der Waals surface area contributed by atoms with Gasteiger partial charge in [-0.2, -0.15) is 0 Å². The summed E-state index contributed by atoms with van der Waals surface area (Å²) in [5, 5.41) is 2.77. The molecule has 1 rings (SSSR count). The third-order valence-electron chi connectivity index (χ3n) is 6.98. The Kier molecular flexibility index (Phi) is 17.6. The molecule has 0 spiro atoms. The quantitative estimate of drug-likeness (QED) is 0.209.